The molecule has 0 spiro atoms. The van der Waals surface area contributed by atoms with Crippen molar-refractivity contribution in [2.24, 2.45) is 5.41 Å². The maximum atomic E-state index is 11.9. The van der Waals surface area contributed by atoms with Gasteiger partial charge in [0.05, 0.1) is 6.54 Å². The maximum absolute atomic E-state index is 11.9. The second-order valence-corrected chi connectivity index (χ2v) is 6.67. The Morgan fingerprint density at radius 1 is 1.27 bits per heavy atom. The highest BCUT2D eigenvalue weighted by molar-refractivity contribution is 5.73. The molecule has 1 aromatic rings. The highest BCUT2D eigenvalue weighted by Crippen LogP contribution is 2.18. The van der Waals surface area contributed by atoms with Crippen LogP contribution in [0, 0.1) is 5.41 Å². The Balaban J connectivity index is 1.80. The zero-order valence-electron chi connectivity index (χ0n) is 13.6. The number of aliphatic hydroxyl groups is 1. The number of amides is 2. The lowest BCUT2D eigenvalue weighted by molar-refractivity contribution is 0.201. The summed E-state index contributed by atoms with van der Waals surface area (Å²) in [6, 6.07) is -0.211. The van der Waals surface area contributed by atoms with Gasteiger partial charge in [-0.05, 0) is 24.7 Å². The summed E-state index contributed by atoms with van der Waals surface area (Å²) in [4.78, 5) is 11.9. The second kappa shape index (κ2) is 7.58. The van der Waals surface area contributed by atoms with Gasteiger partial charge in [-0.25, -0.2) is 4.79 Å². The highest BCUT2D eigenvalue weighted by atomic mass is 16.3. The number of aromatic nitrogens is 3. The van der Waals surface area contributed by atoms with Gasteiger partial charge in [0, 0.05) is 26.1 Å². The number of nitrogens with one attached hydrogen (secondary N) is 2. The Bertz CT molecular complexity index is 498. The predicted octanol–water partition coefficient (Wildman–Crippen LogP) is 1.21. The summed E-state index contributed by atoms with van der Waals surface area (Å²) in [7, 11) is 0. The number of rotatable bonds is 6. The third-order valence-corrected chi connectivity index (χ3v) is 4.11. The van der Waals surface area contributed by atoms with E-state index >= 15 is 0 Å². The summed E-state index contributed by atoms with van der Waals surface area (Å²) in [5, 5.41) is 23.1. The van der Waals surface area contributed by atoms with Gasteiger partial charge in [-0.15, -0.1) is 10.2 Å². The van der Waals surface area contributed by atoms with Gasteiger partial charge in [0.1, 0.15) is 5.82 Å². The molecule has 124 valence electrons. The van der Waals surface area contributed by atoms with Crippen molar-refractivity contribution in [1.82, 2.24) is 25.4 Å². The first-order valence-corrected chi connectivity index (χ1v) is 8.05. The van der Waals surface area contributed by atoms with Crippen molar-refractivity contribution in [1.29, 1.82) is 0 Å². The summed E-state index contributed by atoms with van der Waals surface area (Å²) in [5.41, 5.74) is -0.113. The molecule has 0 aliphatic carbocycles. The Hall–Kier alpha value is -1.63. The fourth-order valence-corrected chi connectivity index (χ4v) is 2.61. The van der Waals surface area contributed by atoms with Gasteiger partial charge in [-0.3, -0.25) is 0 Å². The lowest BCUT2D eigenvalue weighted by atomic mass is 9.90. The molecule has 22 heavy (non-hydrogen) atoms. The number of carbonyl (C=O) groups excluding carboxylic acids is 1. The van der Waals surface area contributed by atoms with Gasteiger partial charge in [0.2, 0.25) is 0 Å². The van der Waals surface area contributed by atoms with Crippen molar-refractivity contribution >= 4 is 6.03 Å². The molecule has 7 heteroatoms. The minimum Gasteiger partial charge on any atom is -0.396 e. The van der Waals surface area contributed by atoms with E-state index in [4.69, 9.17) is 5.11 Å². The smallest absolute Gasteiger partial charge is 0.315 e. The van der Waals surface area contributed by atoms with E-state index in [-0.39, 0.29) is 18.1 Å². The number of hydrogen-bond acceptors (Lipinski definition) is 4. The second-order valence-electron chi connectivity index (χ2n) is 6.67. The minimum absolute atomic E-state index is 0.113. The molecule has 1 aliphatic rings. The monoisotopic (exact) mass is 309 g/mol. The van der Waals surface area contributed by atoms with Gasteiger partial charge in [0.15, 0.2) is 5.82 Å². The van der Waals surface area contributed by atoms with Crippen LogP contribution in [0.2, 0.25) is 0 Å². The highest BCUT2D eigenvalue weighted by Gasteiger charge is 2.19. The van der Waals surface area contributed by atoms with E-state index in [9.17, 15) is 4.79 Å². The molecule has 0 radical (unpaired) electrons. The van der Waals surface area contributed by atoms with Crippen LogP contribution in [0.25, 0.3) is 0 Å². The molecule has 1 aliphatic heterocycles. The zero-order chi connectivity index (χ0) is 16.0. The first-order chi connectivity index (χ1) is 10.5. The molecule has 0 aromatic carbocycles. The van der Waals surface area contributed by atoms with Crippen LogP contribution in [0.3, 0.4) is 0 Å². The molecular weight excluding hydrogens is 282 g/mol. The summed E-state index contributed by atoms with van der Waals surface area (Å²) in [6.07, 6.45) is 5.14. The Kier molecular flexibility index (Phi) is 5.76. The molecule has 0 bridgehead atoms. The van der Waals surface area contributed by atoms with Gasteiger partial charge in [0.25, 0.3) is 0 Å². The average molecular weight is 309 g/mol. The van der Waals surface area contributed by atoms with Gasteiger partial charge in [-0.2, -0.15) is 0 Å². The molecule has 0 saturated carbocycles. The number of carbonyl (C=O) groups is 1. The fraction of sp³-hybridized carbons (Fsp3) is 0.800. The third kappa shape index (κ3) is 4.69. The SMILES string of the molecule is CC(C)(CCO)CNC(=O)NCc1nnc2n1CCCCC2. The first-order valence-electron chi connectivity index (χ1n) is 8.05. The van der Waals surface area contributed by atoms with Gasteiger partial charge < -0.3 is 20.3 Å². The number of hydrogen-bond donors (Lipinski definition) is 3. The van der Waals surface area contributed by atoms with E-state index in [1.807, 2.05) is 13.8 Å². The standard InChI is InChI=1S/C15H27N5O2/c1-15(2,7-9-21)11-17-14(22)16-10-13-19-18-12-6-4-3-5-8-20(12)13/h21H,3-11H2,1-2H3,(H2,16,17,22). The van der Waals surface area contributed by atoms with Crippen LogP contribution in [-0.2, 0) is 19.5 Å². The van der Waals surface area contributed by atoms with E-state index in [0.29, 0.717) is 19.5 Å². The Morgan fingerprint density at radius 2 is 2.09 bits per heavy atom. The molecule has 3 N–H and O–H groups in total. The normalized spacial score (nSPS) is 15.0. The van der Waals surface area contributed by atoms with Crippen LogP contribution in [0.15, 0.2) is 0 Å². The summed E-state index contributed by atoms with van der Waals surface area (Å²) in [6.45, 7) is 6.01. The molecular formula is C15H27N5O2. The van der Waals surface area contributed by atoms with Crippen molar-refractivity contribution in [2.75, 3.05) is 13.2 Å². The Labute approximate surface area is 131 Å². The summed E-state index contributed by atoms with van der Waals surface area (Å²) < 4.78 is 2.13. The molecule has 7 nitrogen and oxygen atoms in total. The quantitative estimate of drug-likeness (QED) is 0.736. The number of aliphatic hydroxyl groups excluding tert-OH is 1. The van der Waals surface area contributed by atoms with Gasteiger partial charge in [-0.1, -0.05) is 20.3 Å². The average Bonchev–Trinajstić information content (AvgIpc) is 2.70. The van der Waals surface area contributed by atoms with Crippen molar-refractivity contribution in [3.63, 3.8) is 0 Å². The topological polar surface area (TPSA) is 92.1 Å². The molecule has 2 amide bonds. The van der Waals surface area contributed by atoms with Crippen molar-refractivity contribution in [2.45, 2.75) is 59.0 Å². The van der Waals surface area contributed by atoms with E-state index in [1.165, 1.54) is 6.42 Å². The van der Waals surface area contributed by atoms with Crippen LogP contribution in [0.4, 0.5) is 4.79 Å². The number of fused-ring (bicyclic) bond motifs is 1. The number of nitrogens with zero attached hydrogens (tertiary/aromatic N) is 3. The maximum Gasteiger partial charge on any atom is 0.315 e. The van der Waals surface area contributed by atoms with Crippen molar-refractivity contribution < 1.29 is 9.90 Å². The fourth-order valence-electron chi connectivity index (χ4n) is 2.61. The van der Waals surface area contributed by atoms with E-state index in [2.05, 4.69) is 25.4 Å². The molecule has 0 fully saturated rings. The zero-order valence-corrected chi connectivity index (χ0v) is 13.6. The van der Waals surface area contributed by atoms with Crippen molar-refractivity contribution in [3.8, 4) is 0 Å². The number of aryl methyl sites for hydroxylation is 1. The van der Waals surface area contributed by atoms with Crippen LogP contribution in [0.1, 0.15) is 51.2 Å². The summed E-state index contributed by atoms with van der Waals surface area (Å²) in [5.74, 6) is 1.85. The van der Waals surface area contributed by atoms with Crippen LogP contribution >= 0.6 is 0 Å². The largest absolute Gasteiger partial charge is 0.396 e. The van der Waals surface area contributed by atoms with Crippen LogP contribution in [0.5, 0.6) is 0 Å². The van der Waals surface area contributed by atoms with Gasteiger partial charge >= 0.3 is 6.03 Å². The molecule has 0 atom stereocenters. The molecule has 0 saturated heterocycles. The Morgan fingerprint density at radius 3 is 2.86 bits per heavy atom. The van der Waals surface area contributed by atoms with E-state index < -0.39 is 0 Å². The molecule has 1 aromatic heterocycles. The molecule has 2 rings (SSSR count). The lowest BCUT2D eigenvalue weighted by Crippen LogP contribution is -2.41. The molecule has 2 heterocycles. The molecule has 0 unspecified atom stereocenters. The van der Waals surface area contributed by atoms with E-state index in [0.717, 1.165) is 37.5 Å². The summed E-state index contributed by atoms with van der Waals surface area (Å²) >= 11 is 0. The lowest BCUT2D eigenvalue weighted by Gasteiger charge is -2.23. The third-order valence-electron chi connectivity index (χ3n) is 4.11. The van der Waals surface area contributed by atoms with E-state index in [1.54, 1.807) is 0 Å². The van der Waals surface area contributed by atoms with Crippen molar-refractivity contribution in [3.05, 3.63) is 11.6 Å². The minimum atomic E-state index is -0.211. The first kappa shape index (κ1) is 16.7. The number of urea groups is 1. The van der Waals surface area contributed by atoms with Crippen LogP contribution in [-0.4, -0.2) is 39.1 Å². The van der Waals surface area contributed by atoms with Crippen LogP contribution < -0.4 is 10.6 Å². The predicted molar refractivity (Wildman–Crippen MR) is 83.3 cm³/mol.